The number of halogens is 1. The summed E-state index contributed by atoms with van der Waals surface area (Å²) in [4.78, 5) is 11.1. The lowest BCUT2D eigenvalue weighted by Crippen LogP contribution is -2.16. The van der Waals surface area contributed by atoms with Gasteiger partial charge in [0.25, 0.3) is 10.0 Å². The summed E-state index contributed by atoms with van der Waals surface area (Å²) in [6.07, 6.45) is 0.310. The van der Waals surface area contributed by atoms with Crippen LogP contribution in [0.5, 0.6) is 0 Å². The van der Waals surface area contributed by atoms with Crippen molar-refractivity contribution in [1.29, 1.82) is 0 Å². The summed E-state index contributed by atoms with van der Waals surface area (Å²) in [7, 11) is -4.06. The van der Waals surface area contributed by atoms with Gasteiger partial charge in [-0.05, 0) is 36.8 Å². The fourth-order valence-electron chi connectivity index (χ4n) is 1.98. The van der Waals surface area contributed by atoms with Crippen LogP contribution in [-0.2, 0) is 14.8 Å². The molecule has 0 aliphatic carbocycles. The van der Waals surface area contributed by atoms with Gasteiger partial charge < -0.3 is 5.32 Å². The summed E-state index contributed by atoms with van der Waals surface area (Å²) in [6, 6.07) is 9.97. The fraction of sp³-hybridized carbons (Fsp3) is 0.188. The Bertz CT molecular complexity index is 835. The topological polar surface area (TPSA) is 75.3 Å². The molecule has 1 amide bonds. The minimum absolute atomic E-state index is 0.179. The highest BCUT2D eigenvalue weighted by Crippen LogP contribution is 2.26. The summed E-state index contributed by atoms with van der Waals surface area (Å²) >= 11 is 0. The van der Waals surface area contributed by atoms with E-state index in [0.717, 1.165) is 6.07 Å². The SMILES string of the molecule is CCC(=O)Nc1cccc(NS(=O)(=O)c2ccccc2F)c1C. The molecule has 2 N–H and O–H groups in total. The molecule has 0 radical (unpaired) electrons. The Labute approximate surface area is 134 Å². The molecule has 0 saturated carbocycles. The number of nitrogens with one attached hydrogen (secondary N) is 2. The molecule has 2 rings (SSSR count). The van der Waals surface area contributed by atoms with Gasteiger partial charge in [0.2, 0.25) is 5.91 Å². The maximum atomic E-state index is 13.7. The Hall–Kier alpha value is -2.41. The van der Waals surface area contributed by atoms with Crippen molar-refractivity contribution in [3.05, 3.63) is 53.8 Å². The van der Waals surface area contributed by atoms with Crippen LogP contribution in [0.1, 0.15) is 18.9 Å². The van der Waals surface area contributed by atoms with Crippen LogP contribution in [0.25, 0.3) is 0 Å². The summed E-state index contributed by atoms with van der Waals surface area (Å²) in [6.45, 7) is 3.39. The number of benzene rings is 2. The molecular formula is C16H17FN2O3S. The van der Waals surface area contributed by atoms with E-state index in [4.69, 9.17) is 0 Å². The average Bonchev–Trinajstić information content (AvgIpc) is 2.51. The Balaban J connectivity index is 2.35. The lowest BCUT2D eigenvalue weighted by atomic mass is 10.1. The van der Waals surface area contributed by atoms with Gasteiger partial charge in [0.15, 0.2) is 0 Å². The molecule has 122 valence electrons. The van der Waals surface area contributed by atoms with Crippen molar-refractivity contribution >= 4 is 27.3 Å². The lowest BCUT2D eigenvalue weighted by Gasteiger charge is -2.14. The van der Waals surface area contributed by atoms with Gasteiger partial charge in [0.1, 0.15) is 10.7 Å². The fourth-order valence-corrected chi connectivity index (χ4v) is 3.19. The van der Waals surface area contributed by atoms with Crippen LogP contribution in [0.2, 0.25) is 0 Å². The molecule has 5 nitrogen and oxygen atoms in total. The standard InChI is InChI=1S/C16H17FN2O3S/c1-3-16(20)18-13-8-6-9-14(11(13)2)19-23(21,22)15-10-5-4-7-12(15)17/h4-10,19H,3H2,1-2H3,(H,18,20). The number of anilines is 2. The first-order valence-electron chi connectivity index (χ1n) is 7.02. The highest BCUT2D eigenvalue weighted by atomic mass is 32.2. The second-order valence-electron chi connectivity index (χ2n) is 4.92. The summed E-state index contributed by atoms with van der Waals surface area (Å²) in [5, 5.41) is 2.69. The first-order chi connectivity index (χ1) is 10.8. The molecule has 0 aliphatic rings. The van der Waals surface area contributed by atoms with E-state index in [1.165, 1.54) is 18.2 Å². The maximum absolute atomic E-state index is 13.7. The molecule has 0 fully saturated rings. The Morgan fingerprint density at radius 1 is 1.09 bits per heavy atom. The molecule has 0 spiro atoms. The van der Waals surface area contributed by atoms with Crippen molar-refractivity contribution in [2.75, 3.05) is 10.0 Å². The number of hydrogen-bond acceptors (Lipinski definition) is 3. The van der Waals surface area contributed by atoms with Crippen molar-refractivity contribution in [3.63, 3.8) is 0 Å². The summed E-state index contributed by atoms with van der Waals surface area (Å²) < 4.78 is 40.7. The van der Waals surface area contributed by atoms with Crippen LogP contribution in [0.15, 0.2) is 47.4 Å². The van der Waals surface area contributed by atoms with Crippen molar-refractivity contribution in [3.8, 4) is 0 Å². The van der Waals surface area contributed by atoms with Crippen LogP contribution in [-0.4, -0.2) is 14.3 Å². The van der Waals surface area contributed by atoms with Gasteiger partial charge in [-0.2, -0.15) is 0 Å². The van der Waals surface area contributed by atoms with Crippen LogP contribution in [0, 0.1) is 12.7 Å². The molecule has 2 aromatic carbocycles. The van der Waals surface area contributed by atoms with Crippen molar-refractivity contribution < 1.29 is 17.6 Å². The van der Waals surface area contributed by atoms with E-state index in [1.54, 1.807) is 32.0 Å². The molecule has 0 aromatic heterocycles. The number of sulfonamides is 1. The van der Waals surface area contributed by atoms with E-state index in [-0.39, 0.29) is 11.6 Å². The molecule has 7 heteroatoms. The van der Waals surface area contributed by atoms with Crippen LogP contribution >= 0.6 is 0 Å². The van der Waals surface area contributed by atoms with E-state index < -0.39 is 20.7 Å². The van der Waals surface area contributed by atoms with Crippen molar-refractivity contribution in [1.82, 2.24) is 0 Å². The summed E-state index contributed by atoms with van der Waals surface area (Å²) in [5.74, 6) is -1.00. The average molecular weight is 336 g/mol. The quantitative estimate of drug-likeness (QED) is 0.880. The van der Waals surface area contributed by atoms with Gasteiger partial charge in [0.05, 0.1) is 5.69 Å². The van der Waals surface area contributed by atoms with Crippen LogP contribution < -0.4 is 10.0 Å². The maximum Gasteiger partial charge on any atom is 0.264 e. The third-order valence-corrected chi connectivity index (χ3v) is 4.70. The largest absolute Gasteiger partial charge is 0.326 e. The predicted octanol–water partition coefficient (Wildman–Crippen LogP) is 3.28. The van der Waals surface area contributed by atoms with Crippen LogP contribution in [0.3, 0.4) is 0 Å². The zero-order valence-electron chi connectivity index (χ0n) is 12.8. The highest BCUT2D eigenvalue weighted by Gasteiger charge is 2.20. The van der Waals surface area contributed by atoms with E-state index in [9.17, 15) is 17.6 Å². The van der Waals surface area contributed by atoms with Crippen molar-refractivity contribution in [2.45, 2.75) is 25.2 Å². The minimum atomic E-state index is -4.06. The third-order valence-electron chi connectivity index (χ3n) is 3.30. The molecule has 2 aromatic rings. The first kappa shape index (κ1) is 17.0. The van der Waals surface area contributed by atoms with Gasteiger partial charge >= 0.3 is 0 Å². The lowest BCUT2D eigenvalue weighted by molar-refractivity contribution is -0.115. The van der Waals surface area contributed by atoms with E-state index in [0.29, 0.717) is 17.7 Å². The van der Waals surface area contributed by atoms with E-state index >= 15 is 0 Å². The number of amides is 1. The Morgan fingerprint density at radius 2 is 1.74 bits per heavy atom. The monoisotopic (exact) mass is 336 g/mol. The molecule has 0 atom stereocenters. The van der Waals surface area contributed by atoms with Gasteiger partial charge in [-0.3, -0.25) is 9.52 Å². The summed E-state index contributed by atoms with van der Waals surface area (Å²) in [5.41, 5.74) is 1.34. The number of carbonyl (C=O) groups excluding carboxylic acids is 1. The minimum Gasteiger partial charge on any atom is -0.326 e. The molecular weight excluding hydrogens is 319 g/mol. The van der Waals surface area contributed by atoms with Gasteiger partial charge in [-0.1, -0.05) is 25.1 Å². The van der Waals surface area contributed by atoms with E-state index in [2.05, 4.69) is 10.0 Å². The normalized spacial score (nSPS) is 11.1. The number of rotatable bonds is 5. The van der Waals surface area contributed by atoms with Gasteiger partial charge in [0, 0.05) is 12.1 Å². The molecule has 0 saturated heterocycles. The second kappa shape index (κ2) is 6.78. The van der Waals surface area contributed by atoms with Gasteiger partial charge in [-0.15, -0.1) is 0 Å². The highest BCUT2D eigenvalue weighted by molar-refractivity contribution is 7.92. The molecule has 0 unspecified atom stereocenters. The molecule has 23 heavy (non-hydrogen) atoms. The van der Waals surface area contributed by atoms with E-state index in [1.807, 2.05) is 0 Å². The number of hydrogen-bond donors (Lipinski definition) is 2. The predicted molar refractivity (Wildman–Crippen MR) is 87.3 cm³/mol. The number of carbonyl (C=O) groups is 1. The smallest absolute Gasteiger partial charge is 0.264 e. The second-order valence-corrected chi connectivity index (χ2v) is 6.57. The van der Waals surface area contributed by atoms with Gasteiger partial charge in [-0.25, -0.2) is 12.8 Å². The Kier molecular flexibility index (Phi) is 5.00. The molecule has 0 aliphatic heterocycles. The van der Waals surface area contributed by atoms with Crippen molar-refractivity contribution in [2.24, 2.45) is 0 Å². The zero-order chi connectivity index (χ0) is 17.0. The zero-order valence-corrected chi connectivity index (χ0v) is 13.6. The van der Waals surface area contributed by atoms with Crippen LogP contribution in [0.4, 0.5) is 15.8 Å². The third kappa shape index (κ3) is 3.87. The Morgan fingerprint density at radius 3 is 2.39 bits per heavy atom. The molecule has 0 bridgehead atoms. The molecule has 0 heterocycles. The first-order valence-corrected chi connectivity index (χ1v) is 8.50.